The average molecular weight is 242 g/mol. The summed E-state index contributed by atoms with van der Waals surface area (Å²) in [5.41, 5.74) is 0. The van der Waals surface area contributed by atoms with Crippen molar-refractivity contribution in [3.05, 3.63) is 0 Å². The lowest BCUT2D eigenvalue weighted by molar-refractivity contribution is -0.00461. The molecule has 0 radical (unpaired) electrons. The van der Waals surface area contributed by atoms with Gasteiger partial charge in [0, 0.05) is 20.3 Å². The first-order valence-electron chi connectivity index (χ1n) is 6.35. The van der Waals surface area contributed by atoms with E-state index in [9.17, 15) is 4.79 Å². The predicted molar refractivity (Wildman–Crippen MR) is 64.0 cm³/mol. The highest BCUT2D eigenvalue weighted by Gasteiger charge is 2.36. The predicted octanol–water partition coefficient (Wildman–Crippen LogP) is 0.984. The SMILES string of the molecule is COC1CN(C(=O)NC2CCCC2)CC1OC. The summed E-state index contributed by atoms with van der Waals surface area (Å²) in [6.45, 7) is 1.24. The zero-order chi connectivity index (χ0) is 12.3. The molecule has 0 aromatic heterocycles. The molecular weight excluding hydrogens is 220 g/mol. The van der Waals surface area contributed by atoms with Crippen molar-refractivity contribution < 1.29 is 14.3 Å². The van der Waals surface area contributed by atoms with E-state index in [4.69, 9.17) is 9.47 Å². The summed E-state index contributed by atoms with van der Waals surface area (Å²) in [6, 6.07) is 0.392. The van der Waals surface area contributed by atoms with Gasteiger partial charge in [0.25, 0.3) is 0 Å². The van der Waals surface area contributed by atoms with Crippen molar-refractivity contribution in [1.82, 2.24) is 10.2 Å². The minimum atomic E-state index is -0.00525. The average Bonchev–Trinajstić information content (AvgIpc) is 2.96. The van der Waals surface area contributed by atoms with Crippen LogP contribution >= 0.6 is 0 Å². The first-order chi connectivity index (χ1) is 8.24. The van der Waals surface area contributed by atoms with E-state index in [0.717, 1.165) is 12.8 Å². The van der Waals surface area contributed by atoms with E-state index in [1.165, 1.54) is 12.8 Å². The Morgan fingerprint density at radius 3 is 2.12 bits per heavy atom. The Kier molecular flexibility index (Phi) is 4.23. The topological polar surface area (TPSA) is 50.8 Å². The van der Waals surface area contributed by atoms with Gasteiger partial charge in [-0.2, -0.15) is 0 Å². The van der Waals surface area contributed by atoms with Gasteiger partial charge in [0.1, 0.15) is 12.2 Å². The van der Waals surface area contributed by atoms with Gasteiger partial charge < -0.3 is 19.7 Å². The molecule has 1 aliphatic heterocycles. The van der Waals surface area contributed by atoms with Crippen LogP contribution in [0.5, 0.6) is 0 Å². The zero-order valence-electron chi connectivity index (χ0n) is 10.6. The molecule has 2 unspecified atom stereocenters. The van der Waals surface area contributed by atoms with Gasteiger partial charge in [-0.15, -0.1) is 0 Å². The van der Waals surface area contributed by atoms with Crippen LogP contribution in [0.25, 0.3) is 0 Å². The maximum absolute atomic E-state index is 12.0. The Bertz CT molecular complexity index is 254. The van der Waals surface area contributed by atoms with Crippen LogP contribution in [0.3, 0.4) is 0 Å². The summed E-state index contributed by atoms with van der Waals surface area (Å²) in [5.74, 6) is 0. The third kappa shape index (κ3) is 2.90. The van der Waals surface area contributed by atoms with Crippen LogP contribution in [-0.4, -0.2) is 56.5 Å². The Hall–Kier alpha value is -0.810. The number of nitrogens with one attached hydrogen (secondary N) is 1. The molecule has 2 atom stereocenters. The second kappa shape index (κ2) is 5.69. The maximum Gasteiger partial charge on any atom is 0.317 e. The van der Waals surface area contributed by atoms with Gasteiger partial charge in [-0.3, -0.25) is 0 Å². The van der Waals surface area contributed by atoms with E-state index in [-0.39, 0.29) is 18.2 Å². The standard InChI is InChI=1S/C12H22N2O3/c1-16-10-7-14(8-11(10)17-2)12(15)13-9-5-3-4-6-9/h9-11H,3-8H2,1-2H3,(H,13,15). The lowest BCUT2D eigenvalue weighted by Gasteiger charge is -2.20. The number of carbonyl (C=O) groups is 1. The number of hydrogen-bond acceptors (Lipinski definition) is 3. The van der Waals surface area contributed by atoms with Crippen molar-refractivity contribution in [3.63, 3.8) is 0 Å². The zero-order valence-corrected chi connectivity index (χ0v) is 10.6. The Labute approximate surface area is 102 Å². The molecule has 1 N–H and O–H groups in total. The number of urea groups is 1. The van der Waals surface area contributed by atoms with Gasteiger partial charge in [-0.1, -0.05) is 12.8 Å². The fourth-order valence-corrected chi connectivity index (χ4v) is 2.70. The highest BCUT2D eigenvalue weighted by atomic mass is 16.5. The largest absolute Gasteiger partial charge is 0.377 e. The van der Waals surface area contributed by atoms with Gasteiger partial charge in [0.15, 0.2) is 0 Å². The van der Waals surface area contributed by atoms with Crippen LogP contribution in [0.2, 0.25) is 0 Å². The summed E-state index contributed by atoms with van der Waals surface area (Å²) in [5, 5.41) is 3.09. The molecule has 5 nitrogen and oxygen atoms in total. The second-order valence-corrected chi connectivity index (χ2v) is 4.88. The van der Waals surface area contributed by atoms with E-state index in [2.05, 4.69) is 5.32 Å². The number of likely N-dealkylation sites (tertiary alicyclic amines) is 1. The monoisotopic (exact) mass is 242 g/mol. The minimum Gasteiger partial charge on any atom is -0.377 e. The molecule has 1 saturated heterocycles. The van der Waals surface area contributed by atoms with Crippen LogP contribution in [0.4, 0.5) is 4.79 Å². The number of hydrogen-bond donors (Lipinski definition) is 1. The molecule has 0 bridgehead atoms. The summed E-state index contributed by atoms with van der Waals surface area (Å²) >= 11 is 0. The van der Waals surface area contributed by atoms with Crippen LogP contribution in [-0.2, 0) is 9.47 Å². The van der Waals surface area contributed by atoms with Crippen LogP contribution in [0.15, 0.2) is 0 Å². The van der Waals surface area contributed by atoms with E-state index in [0.29, 0.717) is 19.1 Å². The fourth-order valence-electron chi connectivity index (χ4n) is 2.70. The number of carbonyl (C=O) groups excluding carboxylic acids is 1. The molecule has 98 valence electrons. The molecule has 2 aliphatic rings. The minimum absolute atomic E-state index is 0.00525. The highest BCUT2D eigenvalue weighted by molar-refractivity contribution is 5.75. The number of nitrogens with zero attached hydrogens (tertiary/aromatic N) is 1. The third-order valence-corrected chi connectivity index (χ3v) is 3.79. The van der Waals surface area contributed by atoms with E-state index in [1.54, 1.807) is 19.1 Å². The number of ether oxygens (including phenoxy) is 2. The molecule has 1 saturated carbocycles. The van der Waals surface area contributed by atoms with Crippen LogP contribution in [0, 0.1) is 0 Å². The number of rotatable bonds is 3. The molecule has 5 heteroatoms. The summed E-state index contributed by atoms with van der Waals surface area (Å²) in [4.78, 5) is 13.8. The number of methoxy groups -OCH3 is 2. The molecule has 1 aliphatic carbocycles. The Morgan fingerprint density at radius 2 is 1.65 bits per heavy atom. The molecule has 0 aromatic carbocycles. The van der Waals surface area contributed by atoms with Gasteiger partial charge in [-0.05, 0) is 12.8 Å². The van der Waals surface area contributed by atoms with Crippen molar-refractivity contribution in [1.29, 1.82) is 0 Å². The van der Waals surface area contributed by atoms with Crippen molar-refractivity contribution in [2.45, 2.75) is 43.9 Å². The fraction of sp³-hybridized carbons (Fsp3) is 0.917. The normalized spacial score (nSPS) is 29.9. The van der Waals surface area contributed by atoms with Gasteiger partial charge in [0.2, 0.25) is 0 Å². The molecule has 2 fully saturated rings. The quantitative estimate of drug-likeness (QED) is 0.802. The molecule has 17 heavy (non-hydrogen) atoms. The summed E-state index contributed by atoms with van der Waals surface area (Å²) in [6.07, 6.45) is 4.67. The molecular formula is C12H22N2O3. The van der Waals surface area contributed by atoms with Gasteiger partial charge >= 0.3 is 6.03 Å². The molecule has 2 rings (SSSR count). The van der Waals surface area contributed by atoms with E-state index >= 15 is 0 Å². The Balaban J connectivity index is 1.83. The molecule has 0 spiro atoms. The van der Waals surface area contributed by atoms with Crippen LogP contribution < -0.4 is 5.32 Å². The maximum atomic E-state index is 12.0. The lowest BCUT2D eigenvalue weighted by atomic mass is 10.2. The smallest absolute Gasteiger partial charge is 0.317 e. The Morgan fingerprint density at radius 1 is 1.12 bits per heavy atom. The molecule has 1 heterocycles. The van der Waals surface area contributed by atoms with Crippen molar-refractivity contribution in [3.8, 4) is 0 Å². The number of amides is 2. The van der Waals surface area contributed by atoms with Gasteiger partial charge in [0.05, 0.1) is 13.1 Å². The van der Waals surface area contributed by atoms with E-state index in [1.807, 2.05) is 0 Å². The van der Waals surface area contributed by atoms with E-state index < -0.39 is 0 Å². The summed E-state index contributed by atoms with van der Waals surface area (Å²) in [7, 11) is 3.32. The van der Waals surface area contributed by atoms with Crippen molar-refractivity contribution >= 4 is 6.03 Å². The van der Waals surface area contributed by atoms with Crippen LogP contribution in [0.1, 0.15) is 25.7 Å². The molecule has 2 amide bonds. The van der Waals surface area contributed by atoms with Crippen molar-refractivity contribution in [2.75, 3.05) is 27.3 Å². The molecule has 0 aromatic rings. The first-order valence-corrected chi connectivity index (χ1v) is 6.35. The van der Waals surface area contributed by atoms with Gasteiger partial charge in [-0.25, -0.2) is 4.79 Å². The second-order valence-electron chi connectivity index (χ2n) is 4.88. The van der Waals surface area contributed by atoms with Crippen molar-refractivity contribution in [2.24, 2.45) is 0 Å². The third-order valence-electron chi connectivity index (χ3n) is 3.79. The highest BCUT2D eigenvalue weighted by Crippen LogP contribution is 2.20. The summed E-state index contributed by atoms with van der Waals surface area (Å²) < 4.78 is 10.6. The lowest BCUT2D eigenvalue weighted by Crippen LogP contribution is -2.43. The first kappa shape index (κ1) is 12.6.